The molecule has 0 fully saturated rings. The summed E-state index contributed by atoms with van der Waals surface area (Å²) >= 11 is 1.51. The van der Waals surface area contributed by atoms with Gasteiger partial charge in [-0.25, -0.2) is 5.01 Å². The summed E-state index contributed by atoms with van der Waals surface area (Å²) in [6, 6.07) is 7.00. The quantitative estimate of drug-likeness (QED) is 0.655. The number of carbonyl (C=O) groups excluding carboxylic acids is 1. The molecular weight excluding hydrogens is 330 g/mol. The van der Waals surface area contributed by atoms with Crippen molar-refractivity contribution in [2.45, 2.75) is 19.4 Å². The van der Waals surface area contributed by atoms with E-state index in [1.807, 2.05) is 17.5 Å². The van der Waals surface area contributed by atoms with Crippen molar-refractivity contribution in [1.29, 1.82) is 0 Å². The first-order valence-corrected chi connectivity index (χ1v) is 8.21. The van der Waals surface area contributed by atoms with E-state index in [9.17, 15) is 20.0 Å². The van der Waals surface area contributed by atoms with Crippen molar-refractivity contribution in [3.05, 3.63) is 62.3 Å². The van der Waals surface area contributed by atoms with Crippen molar-refractivity contribution in [2.24, 2.45) is 0 Å². The van der Waals surface area contributed by atoms with E-state index in [0.717, 1.165) is 10.6 Å². The Morgan fingerprint density at radius 3 is 2.88 bits per heavy atom. The summed E-state index contributed by atoms with van der Waals surface area (Å²) in [5, 5.41) is 24.5. The van der Waals surface area contributed by atoms with E-state index in [1.54, 1.807) is 13.0 Å². The number of thiophene rings is 1. The lowest BCUT2D eigenvalue weighted by Crippen LogP contribution is -2.39. The molecule has 1 atom stereocenters. The van der Waals surface area contributed by atoms with E-state index in [2.05, 4.69) is 5.43 Å². The molecule has 0 radical (unpaired) electrons. The Morgan fingerprint density at radius 1 is 1.46 bits per heavy atom. The van der Waals surface area contributed by atoms with Gasteiger partial charge in [0.2, 0.25) is 5.91 Å². The third kappa shape index (κ3) is 2.83. The third-order valence-electron chi connectivity index (χ3n) is 3.74. The Kier molecular flexibility index (Phi) is 4.22. The van der Waals surface area contributed by atoms with Gasteiger partial charge in [0, 0.05) is 24.1 Å². The molecule has 3 rings (SSSR count). The van der Waals surface area contributed by atoms with E-state index in [-0.39, 0.29) is 23.8 Å². The van der Waals surface area contributed by atoms with Crippen molar-refractivity contribution in [1.82, 2.24) is 10.4 Å². The summed E-state index contributed by atoms with van der Waals surface area (Å²) in [5.41, 5.74) is 3.96. The number of amides is 1. The van der Waals surface area contributed by atoms with Gasteiger partial charge < -0.3 is 5.11 Å². The molecule has 2 aromatic rings. The van der Waals surface area contributed by atoms with Crippen LogP contribution in [0, 0.1) is 10.1 Å². The summed E-state index contributed by atoms with van der Waals surface area (Å²) in [4.78, 5) is 23.7. The van der Waals surface area contributed by atoms with Gasteiger partial charge in [0.1, 0.15) is 11.8 Å². The van der Waals surface area contributed by atoms with E-state index in [1.165, 1.54) is 34.5 Å². The second kappa shape index (κ2) is 6.32. The largest absolute Gasteiger partial charge is 0.508 e. The fourth-order valence-corrected chi connectivity index (χ4v) is 3.25. The van der Waals surface area contributed by atoms with Crippen molar-refractivity contribution >= 4 is 28.6 Å². The molecule has 0 bridgehead atoms. The van der Waals surface area contributed by atoms with E-state index >= 15 is 0 Å². The molecule has 0 unspecified atom stereocenters. The number of nitro benzene ring substituents is 1. The first kappa shape index (κ1) is 16.0. The number of hydrogen-bond acceptors (Lipinski definition) is 6. The van der Waals surface area contributed by atoms with Crippen molar-refractivity contribution in [3.63, 3.8) is 0 Å². The Morgan fingerprint density at radius 2 is 2.25 bits per heavy atom. The average molecular weight is 345 g/mol. The van der Waals surface area contributed by atoms with Gasteiger partial charge in [-0.05, 0) is 23.6 Å². The maximum Gasteiger partial charge on any atom is 0.270 e. The Hall–Kier alpha value is -2.87. The van der Waals surface area contributed by atoms with Gasteiger partial charge in [-0.15, -0.1) is 11.3 Å². The Balaban J connectivity index is 2.06. The molecule has 7 nitrogen and oxygen atoms in total. The minimum Gasteiger partial charge on any atom is -0.508 e. The number of nitrogens with zero attached hydrogens (tertiary/aromatic N) is 2. The van der Waals surface area contributed by atoms with E-state index in [0.29, 0.717) is 5.56 Å². The molecule has 0 aliphatic carbocycles. The summed E-state index contributed by atoms with van der Waals surface area (Å²) in [5.74, 6) is -0.265. The van der Waals surface area contributed by atoms with Crippen LogP contribution in [0.5, 0.6) is 5.75 Å². The SMILES string of the molecule is CCC(=O)N1NC(c2cccs2)=C[C@H]1c1cc([N+](=O)[O-])ccc1O. The van der Waals surface area contributed by atoms with Crippen LogP contribution < -0.4 is 5.43 Å². The zero-order valence-electron chi connectivity index (χ0n) is 12.8. The number of hydrazine groups is 1. The van der Waals surface area contributed by atoms with Gasteiger partial charge >= 0.3 is 0 Å². The minimum atomic E-state index is -0.616. The number of carbonyl (C=O) groups is 1. The molecule has 8 heteroatoms. The standard InChI is InChI=1S/C16H15N3O4S/c1-2-16(21)18-13(9-12(17-18)15-4-3-7-24-15)11-8-10(19(22)23)5-6-14(11)20/h3-9,13,17,20H,2H2,1H3/t13-/m0/s1. The minimum absolute atomic E-state index is 0.0926. The van der Waals surface area contributed by atoms with Crippen LogP contribution in [-0.2, 0) is 4.79 Å². The van der Waals surface area contributed by atoms with Gasteiger partial charge in [-0.1, -0.05) is 13.0 Å². The molecule has 24 heavy (non-hydrogen) atoms. The van der Waals surface area contributed by atoms with Crippen LogP contribution >= 0.6 is 11.3 Å². The molecule has 2 heterocycles. The number of aromatic hydroxyl groups is 1. The maximum absolute atomic E-state index is 12.3. The fourth-order valence-electron chi connectivity index (χ4n) is 2.55. The zero-order valence-corrected chi connectivity index (χ0v) is 13.6. The molecule has 1 aromatic carbocycles. The van der Waals surface area contributed by atoms with Gasteiger partial charge in [0.15, 0.2) is 0 Å². The van der Waals surface area contributed by atoms with E-state index < -0.39 is 11.0 Å². The lowest BCUT2D eigenvalue weighted by molar-refractivity contribution is -0.385. The number of hydrogen-bond donors (Lipinski definition) is 2. The summed E-state index contributed by atoms with van der Waals surface area (Å²) < 4.78 is 0. The van der Waals surface area contributed by atoms with Crippen LogP contribution in [0.3, 0.4) is 0 Å². The van der Waals surface area contributed by atoms with Crippen LogP contribution in [0.1, 0.15) is 29.8 Å². The lowest BCUT2D eigenvalue weighted by Gasteiger charge is -2.25. The summed E-state index contributed by atoms with van der Waals surface area (Å²) in [7, 11) is 0. The van der Waals surface area contributed by atoms with Crippen LogP contribution in [0.15, 0.2) is 41.8 Å². The zero-order chi connectivity index (χ0) is 17.3. The Labute approximate surface area is 142 Å². The van der Waals surface area contributed by atoms with Gasteiger partial charge in [0.25, 0.3) is 5.69 Å². The predicted molar refractivity (Wildman–Crippen MR) is 90.1 cm³/mol. The second-order valence-corrected chi connectivity index (χ2v) is 6.18. The van der Waals surface area contributed by atoms with Crippen molar-refractivity contribution < 1.29 is 14.8 Å². The van der Waals surface area contributed by atoms with Crippen molar-refractivity contribution in [2.75, 3.05) is 0 Å². The first-order valence-electron chi connectivity index (χ1n) is 7.33. The molecule has 0 saturated carbocycles. The van der Waals surface area contributed by atoms with Crippen LogP contribution in [0.2, 0.25) is 0 Å². The third-order valence-corrected chi connectivity index (χ3v) is 4.65. The highest BCUT2D eigenvalue weighted by atomic mass is 32.1. The molecule has 0 spiro atoms. The number of nitrogens with one attached hydrogen (secondary N) is 1. The van der Waals surface area contributed by atoms with Gasteiger partial charge in [0.05, 0.1) is 15.5 Å². The smallest absolute Gasteiger partial charge is 0.270 e. The monoisotopic (exact) mass is 345 g/mol. The summed E-state index contributed by atoms with van der Waals surface area (Å²) in [6.07, 6.45) is 2.06. The fraction of sp³-hybridized carbons (Fsp3) is 0.188. The topological polar surface area (TPSA) is 95.7 Å². The van der Waals surface area contributed by atoms with Crippen LogP contribution in [-0.4, -0.2) is 20.9 Å². The highest BCUT2D eigenvalue weighted by Gasteiger charge is 2.32. The maximum atomic E-state index is 12.3. The van der Waals surface area contributed by atoms with E-state index in [4.69, 9.17) is 0 Å². The lowest BCUT2D eigenvalue weighted by atomic mass is 10.0. The highest BCUT2D eigenvalue weighted by molar-refractivity contribution is 7.11. The number of phenols is 1. The Bertz CT molecular complexity index is 817. The van der Waals surface area contributed by atoms with Gasteiger partial charge in [-0.3, -0.25) is 20.3 Å². The van der Waals surface area contributed by atoms with Crippen LogP contribution in [0.25, 0.3) is 5.70 Å². The average Bonchev–Trinajstić information content (AvgIpc) is 3.23. The molecule has 1 aromatic heterocycles. The molecule has 1 amide bonds. The van der Waals surface area contributed by atoms with Crippen molar-refractivity contribution in [3.8, 4) is 5.75 Å². The number of benzene rings is 1. The molecule has 1 aliphatic rings. The molecule has 2 N–H and O–H groups in total. The summed E-state index contributed by atoms with van der Waals surface area (Å²) in [6.45, 7) is 1.73. The molecule has 1 aliphatic heterocycles. The predicted octanol–water partition coefficient (Wildman–Crippen LogP) is 3.20. The molecular formula is C16H15N3O4S. The normalized spacial score (nSPS) is 16.6. The van der Waals surface area contributed by atoms with Crippen LogP contribution in [0.4, 0.5) is 5.69 Å². The highest BCUT2D eigenvalue weighted by Crippen LogP contribution is 2.38. The van der Waals surface area contributed by atoms with Gasteiger partial charge in [-0.2, -0.15) is 0 Å². The molecule has 0 saturated heterocycles. The number of nitro groups is 1. The second-order valence-electron chi connectivity index (χ2n) is 5.23. The number of phenolic OH excluding ortho intramolecular Hbond substituents is 1. The molecule has 124 valence electrons. The first-order chi connectivity index (χ1) is 11.5. The number of non-ortho nitro benzene ring substituents is 1. The number of rotatable bonds is 4.